The zero-order chi connectivity index (χ0) is 17.4. The molecule has 0 bridgehead atoms. The zero-order valence-electron chi connectivity index (χ0n) is 14.5. The van der Waals surface area contributed by atoms with Crippen LogP contribution in [0.1, 0.15) is 24.5 Å². The third-order valence-corrected chi connectivity index (χ3v) is 4.22. The molecule has 5 rings (SSSR count). The Kier molecular flexibility index (Phi) is 3.79. The van der Waals surface area contributed by atoms with Crippen molar-refractivity contribution < 1.29 is 0 Å². The fraction of sp³-hybridized carbons (Fsp3) is 0.353. The highest BCUT2D eigenvalue weighted by molar-refractivity contribution is 5.69. The molecule has 8 heteroatoms. The predicted molar refractivity (Wildman–Crippen MR) is 93.7 cm³/mol. The van der Waals surface area contributed by atoms with Crippen molar-refractivity contribution in [3.63, 3.8) is 0 Å². The van der Waals surface area contributed by atoms with Gasteiger partial charge >= 0.3 is 0 Å². The minimum atomic E-state index is 0.647. The van der Waals surface area contributed by atoms with Gasteiger partial charge in [-0.05, 0) is 25.0 Å². The van der Waals surface area contributed by atoms with Crippen molar-refractivity contribution in [2.24, 2.45) is 21.1 Å². The summed E-state index contributed by atoms with van der Waals surface area (Å²) in [4.78, 5) is 13.2. The van der Waals surface area contributed by atoms with Crippen LogP contribution in [-0.4, -0.2) is 39.1 Å². The van der Waals surface area contributed by atoms with Crippen molar-refractivity contribution in [1.29, 1.82) is 0 Å². The SMILES string of the molecule is Cn1cccn1.Cn1nc(C2CC2)cc1-c1cnc2ncn(C)c2n1. The second-order valence-corrected chi connectivity index (χ2v) is 6.29. The van der Waals surface area contributed by atoms with Crippen molar-refractivity contribution in [3.05, 3.63) is 42.7 Å². The molecule has 4 heterocycles. The van der Waals surface area contributed by atoms with Gasteiger partial charge < -0.3 is 4.57 Å². The van der Waals surface area contributed by atoms with Gasteiger partial charge in [0.25, 0.3) is 0 Å². The number of hydrogen-bond donors (Lipinski definition) is 0. The van der Waals surface area contributed by atoms with Crippen LogP contribution in [0.3, 0.4) is 0 Å². The second-order valence-electron chi connectivity index (χ2n) is 6.29. The molecule has 1 saturated carbocycles. The molecule has 0 atom stereocenters. The minimum absolute atomic E-state index is 0.647. The van der Waals surface area contributed by atoms with Crippen LogP contribution in [0.2, 0.25) is 0 Å². The molecule has 0 aliphatic heterocycles. The molecular formula is C17H20N8. The van der Waals surface area contributed by atoms with Crippen LogP contribution in [0.5, 0.6) is 0 Å². The number of aryl methyl sites for hydroxylation is 3. The van der Waals surface area contributed by atoms with Crippen LogP contribution >= 0.6 is 0 Å². The summed E-state index contributed by atoms with van der Waals surface area (Å²) in [7, 11) is 5.77. The largest absolute Gasteiger partial charge is 0.317 e. The summed E-state index contributed by atoms with van der Waals surface area (Å²) in [5.41, 5.74) is 4.50. The van der Waals surface area contributed by atoms with Gasteiger partial charge in [-0.3, -0.25) is 9.36 Å². The smallest absolute Gasteiger partial charge is 0.197 e. The van der Waals surface area contributed by atoms with E-state index in [-0.39, 0.29) is 0 Å². The summed E-state index contributed by atoms with van der Waals surface area (Å²) < 4.78 is 5.52. The lowest BCUT2D eigenvalue weighted by Crippen LogP contribution is -1.98. The Bertz CT molecular complexity index is 991. The Morgan fingerprint density at radius 1 is 1.12 bits per heavy atom. The molecule has 0 amide bonds. The first-order valence-corrected chi connectivity index (χ1v) is 8.24. The van der Waals surface area contributed by atoms with Crippen LogP contribution in [0, 0.1) is 0 Å². The van der Waals surface area contributed by atoms with E-state index in [1.165, 1.54) is 18.5 Å². The second kappa shape index (κ2) is 6.12. The predicted octanol–water partition coefficient (Wildman–Crippen LogP) is 2.06. The van der Waals surface area contributed by atoms with Crippen LogP contribution in [0.25, 0.3) is 22.7 Å². The van der Waals surface area contributed by atoms with Crippen LogP contribution in [0.4, 0.5) is 0 Å². The number of nitrogens with zero attached hydrogens (tertiary/aromatic N) is 8. The van der Waals surface area contributed by atoms with E-state index in [0.717, 1.165) is 17.0 Å². The highest BCUT2D eigenvalue weighted by atomic mass is 15.3. The molecule has 25 heavy (non-hydrogen) atoms. The summed E-state index contributed by atoms with van der Waals surface area (Å²) >= 11 is 0. The molecule has 0 unspecified atom stereocenters. The molecule has 4 aromatic rings. The Morgan fingerprint density at radius 3 is 2.60 bits per heavy atom. The Morgan fingerprint density at radius 2 is 1.96 bits per heavy atom. The van der Waals surface area contributed by atoms with Gasteiger partial charge in [0, 0.05) is 39.5 Å². The standard InChI is InChI=1S/C13H14N6.C4H6N2/c1-18-7-15-12-13(18)16-10(6-14-12)11-5-9(8-3-4-8)17-19(11)2;1-6-4-2-3-5-6/h5-8H,3-4H2,1-2H3;2-4H,1H3. The molecule has 0 N–H and O–H groups in total. The fourth-order valence-corrected chi connectivity index (χ4v) is 2.67. The van der Waals surface area contributed by atoms with E-state index in [1.54, 1.807) is 23.4 Å². The maximum Gasteiger partial charge on any atom is 0.197 e. The van der Waals surface area contributed by atoms with Crippen LogP contribution < -0.4 is 0 Å². The summed E-state index contributed by atoms with van der Waals surface area (Å²) in [5.74, 6) is 0.647. The van der Waals surface area contributed by atoms with Crippen molar-refractivity contribution in [2.75, 3.05) is 0 Å². The Labute approximate surface area is 145 Å². The zero-order valence-corrected chi connectivity index (χ0v) is 14.5. The topological polar surface area (TPSA) is 79.2 Å². The van der Waals surface area contributed by atoms with Gasteiger partial charge in [0.15, 0.2) is 11.3 Å². The fourth-order valence-electron chi connectivity index (χ4n) is 2.67. The van der Waals surface area contributed by atoms with Gasteiger partial charge in [0.1, 0.15) is 5.69 Å². The monoisotopic (exact) mass is 336 g/mol. The average molecular weight is 336 g/mol. The minimum Gasteiger partial charge on any atom is -0.317 e. The first-order chi connectivity index (χ1) is 12.1. The molecule has 1 aliphatic rings. The maximum atomic E-state index is 4.64. The first-order valence-electron chi connectivity index (χ1n) is 8.24. The van der Waals surface area contributed by atoms with E-state index in [1.807, 2.05) is 42.7 Å². The third kappa shape index (κ3) is 3.15. The molecule has 8 nitrogen and oxygen atoms in total. The number of rotatable bonds is 2. The van der Waals surface area contributed by atoms with E-state index in [9.17, 15) is 0 Å². The summed E-state index contributed by atoms with van der Waals surface area (Å²) in [6.07, 6.45) is 9.64. The lowest BCUT2D eigenvalue weighted by atomic mass is 10.2. The summed E-state index contributed by atoms with van der Waals surface area (Å²) in [6, 6.07) is 4.02. The van der Waals surface area contributed by atoms with Crippen molar-refractivity contribution in [2.45, 2.75) is 18.8 Å². The normalized spacial score (nSPS) is 13.7. The number of fused-ring (bicyclic) bond motifs is 1. The van der Waals surface area contributed by atoms with Crippen molar-refractivity contribution >= 4 is 11.3 Å². The maximum absolute atomic E-state index is 4.64. The molecule has 0 radical (unpaired) electrons. The van der Waals surface area contributed by atoms with Crippen LogP contribution in [-0.2, 0) is 21.1 Å². The molecular weight excluding hydrogens is 316 g/mol. The van der Waals surface area contributed by atoms with E-state index >= 15 is 0 Å². The molecule has 0 saturated heterocycles. The Balaban J connectivity index is 0.000000223. The van der Waals surface area contributed by atoms with Crippen LogP contribution in [0.15, 0.2) is 37.1 Å². The molecule has 128 valence electrons. The van der Waals surface area contributed by atoms with Crippen molar-refractivity contribution in [3.8, 4) is 11.4 Å². The molecule has 1 fully saturated rings. The highest BCUT2D eigenvalue weighted by Crippen LogP contribution is 2.40. The highest BCUT2D eigenvalue weighted by Gasteiger charge is 2.27. The van der Waals surface area contributed by atoms with E-state index in [4.69, 9.17) is 0 Å². The van der Waals surface area contributed by atoms with Gasteiger partial charge in [-0.25, -0.2) is 15.0 Å². The van der Waals surface area contributed by atoms with Gasteiger partial charge in [-0.15, -0.1) is 0 Å². The van der Waals surface area contributed by atoms with Gasteiger partial charge in [0.2, 0.25) is 0 Å². The lowest BCUT2D eigenvalue weighted by molar-refractivity contribution is 0.748. The first kappa shape index (κ1) is 15.5. The third-order valence-electron chi connectivity index (χ3n) is 4.22. The summed E-state index contributed by atoms with van der Waals surface area (Å²) in [5, 5.41) is 8.40. The molecule has 4 aromatic heterocycles. The molecule has 0 spiro atoms. The summed E-state index contributed by atoms with van der Waals surface area (Å²) in [6.45, 7) is 0. The number of hydrogen-bond acceptors (Lipinski definition) is 5. The quantitative estimate of drug-likeness (QED) is 0.560. The average Bonchev–Trinajstić information content (AvgIpc) is 3.05. The van der Waals surface area contributed by atoms with Crippen molar-refractivity contribution in [1.82, 2.24) is 39.1 Å². The van der Waals surface area contributed by atoms with Gasteiger partial charge in [-0.1, -0.05) is 0 Å². The van der Waals surface area contributed by atoms with Gasteiger partial charge in [0.05, 0.1) is 23.9 Å². The van der Waals surface area contributed by atoms with E-state index in [2.05, 4.69) is 31.2 Å². The molecule has 0 aromatic carbocycles. The van der Waals surface area contributed by atoms with Gasteiger partial charge in [-0.2, -0.15) is 10.2 Å². The lowest BCUT2D eigenvalue weighted by Gasteiger charge is -2.01. The number of aromatic nitrogens is 8. The number of imidazole rings is 1. The van der Waals surface area contributed by atoms with E-state index < -0.39 is 0 Å². The Hall–Kier alpha value is -3.03. The van der Waals surface area contributed by atoms with E-state index in [0.29, 0.717) is 11.6 Å². The molecule has 1 aliphatic carbocycles.